The van der Waals surface area contributed by atoms with Crippen molar-refractivity contribution >= 4 is 11.7 Å². The molecule has 0 radical (unpaired) electrons. The first-order chi connectivity index (χ1) is 9.65. The number of hydrogen-bond acceptors (Lipinski definition) is 2. The SMILES string of the molecule is CCC(C)CC(C)Nc1ccc(C(F)(F)F)c(C(=O)O)c1. The molecule has 6 heteroatoms. The Morgan fingerprint density at radius 3 is 2.43 bits per heavy atom. The van der Waals surface area contributed by atoms with E-state index in [1.54, 1.807) is 0 Å². The van der Waals surface area contributed by atoms with Crippen molar-refractivity contribution in [1.29, 1.82) is 0 Å². The molecule has 0 bridgehead atoms. The summed E-state index contributed by atoms with van der Waals surface area (Å²) in [5, 5.41) is 12.0. The van der Waals surface area contributed by atoms with Gasteiger partial charge in [0.2, 0.25) is 0 Å². The van der Waals surface area contributed by atoms with Crippen molar-refractivity contribution in [2.75, 3.05) is 5.32 Å². The first-order valence-electron chi connectivity index (χ1n) is 6.86. The Morgan fingerprint density at radius 1 is 1.33 bits per heavy atom. The lowest BCUT2D eigenvalue weighted by Gasteiger charge is -2.20. The smallest absolute Gasteiger partial charge is 0.417 e. The molecule has 118 valence electrons. The van der Waals surface area contributed by atoms with E-state index in [1.807, 2.05) is 6.92 Å². The molecule has 0 spiro atoms. The van der Waals surface area contributed by atoms with Crippen LogP contribution < -0.4 is 5.32 Å². The Morgan fingerprint density at radius 2 is 1.95 bits per heavy atom. The third kappa shape index (κ3) is 4.95. The molecular formula is C15H20F3NO2. The average Bonchev–Trinajstić information content (AvgIpc) is 2.36. The second-order valence-electron chi connectivity index (χ2n) is 5.36. The van der Waals surface area contributed by atoms with Gasteiger partial charge in [0, 0.05) is 11.7 Å². The number of hydrogen-bond donors (Lipinski definition) is 2. The first kappa shape index (κ1) is 17.3. The molecule has 0 saturated carbocycles. The molecule has 1 aromatic rings. The monoisotopic (exact) mass is 303 g/mol. The van der Waals surface area contributed by atoms with Crippen LogP contribution in [0.3, 0.4) is 0 Å². The normalized spacial score (nSPS) is 14.6. The molecule has 0 aliphatic carbocycles. The number of carbonyl (C=O) groups is 1. The van der Waals surface area contributed by atoms with E-state index in [0.717, 1.165) is 25.0 Å². The minimum atomic E-state index is -4.67. The zero-order chi connectivity index (χ0) is 16.2. The van der Waals surface area contributed by atoms with Crippen LogP contribution in [0.15, 0.2) is 18.2 Å². The lowest BCUT2D eigenvalue weighted by Crippen LogP contribution is -2.19. The van der Waals surface area contributed by atoms with Gasteiger partial charge in [-0.25, -0.2) is 4.79 Å². The molecule has 0 aliphatic rings. The standard InChI is InChI=1S/C15H20F3NO2/c1-4-9(2)7-10(3)19-11-5-6-13(15(16,17)18)12(8-11)14(20)21/h5-6,8-10,19H,4,7H2,1-3H3,(H,20,21). The number of anilines is 1. The molecule has 1 rings (SSSR count). The van der Waals surface area contributed by atoms with Crippen LogP contribution in [0.5, 0.6) is 0 Å². The highest BCUT2D eigenvalue weighted by atomic mass is 19.4. The van der Waals surface area contributed by atoms with E-state index in [1.165, 1.54) is 6.07 Å². The van der Waals surface area contributed by atoms with Crippen LogP contribution in [-0.4, -0.2) is 17.1 Å². The van der Waals surface area contributed by atoms with E-state index >= 15 is 0 Å². The molecule has 21 heavy (non-hydrogen) atoms. The number of halogens is 3. The summed E-state index contributed by atoms with van der Waals surface area (Å²) in [6.45, 7) is 6.08. The summed E-state index contributed by atoms with van der Waals surface area (Å²) >= 11 is 0. The van der Waals surface area contributed by atoms with Crippen molar-refractivity contribution in [1.82, 2.24) is 0 Å². The number of carboxylic acid groups (broad SMARTS) is 1. The number of aromatic carboxylic acids is 1. The van der Waals surface area contributed by atoms with E-state index < -0.39 is 23.3 Å². The Bertz CT molecular complexity index is 500. The third-order valence-corrected chi connectivity index (χ3v) is 3.42. The minimum Gasteiger partial charge on any atom is -0.478 e. The number of alkyl halides is 3. The van der Waals surface area contributed by atoms with Gasteiger partial charge >= 0.3 is 12.1 Å². The van der Waals surface area contributed by atoms with E-state index in [0.29, 0.717) is 11.6 Å². The van der Waals surface area contributed by atoms with Crippen molar-refractivity contribution in [2.45, 2.75) is 45.8 Å². The number of benzene rings is 1. The summed E-state index contributed by atoms with van der Waals surface area (Å²) < 4.78 is 38.2. The molecular weight excluding hydrogens is 283 g/mol. The highest BCUT2D eigenvalue weighted by molar-refractivity contribution is 5.91. The van der Waals surface area contributed by atoms with Crippen molar-refractivity contribution in [2.24, 2.45) is 5.92 Å². The van der Waals surface area contributed by atoms with E-state index in [4.69, 9.17) is 5.11 Å². The fraction of sp³-hybridized carbons (Fsp3) is 0.533. The molecule has 0 heterocycles. The number of rotatable bonds is 6. The summed E-state index contributed by atoms with van der Waals surface area (Å²) in [5.41, 5.74) is -1.48. The maximum absolute atomic E-state index is 12.7. The molecule has 1 aromatic carbocycles. The third-order valence-electron chi connectivity index (χ3n) is 3.42. The van der Waals surface area contributed by atoms with Gasteiger partial charge in [-0.15, -0.1) is 0 Å². The van der Waals surface area contributed by atoms with Gasteiger partial charge in [-0.3, -0.25) is 0 Å². The van der Waals surface area contributed by atoms with Crippen molar-refractivity contribution < 1.29 is 23.1 Å². The molecule has 0 fully saturated rings. The van der Waals surface area contributed by atoms with Gasteiger partial charge in [0.25, 0.3) is 0 Å². The van der Waals surface area contributed by atoms with Gasteiger partial charge in [-0.2, -0.15) is 13.2 Å². The highest BCUT2D eigenvalue weighted by Crippen LogP contribution is 2.33. The first-order valence-corrected chi connectivity index (χ1v) is 6.86. The molecule has 2 N–H and O–H groups in total. The summed E-state index contributed by atoms with van der Waals surface area (Å²) in [4.78, 5) is 11.0. The van der Waals surface area contributed by atoms with Crippen molar-refractivity contribution in [3.8, 4) is 0 Å². The van der Waals surface area contributed by atoms with Crippen LogP contribution in [0, 0.1) is 5.92 Å². The molecule has 2 unspecified atom stereocenters. The lowest BCUT2D eigenvalue weighted by atomic mass is 10.00. The zero-order valence-corrected chi connectivity index (χ0v) is 12.3. The maximum Gasteiger partial charge on any atom is 0.417 e. The predicted octanol–water partition coefficient (Wildman–Crippen LogP) is 4.64. The summed E-state index contributed by atoms with van der Waals surface area (Å²) in [6, 6.07) is 3.17. The Hall–Kier alpha value is -1.72. The van der Waals surface area contributed by atoms with Gasteiger partial charge in [0.15, 0.2) is 0 Å². The van der Waals surface area contributed by atoms with Crippen LogP contribution in [-0.2, 0) is 6.18 Å². The molecule has 2 atom stereocenters. The number of carboxylic acids is 1. The Kier molecular flexibility index (Phi) is 5.63. The number of nitrogens with one attached hydrogen (secondary N) is 1. The second-order valence-corrected chi connectivity index (χ2v) is 5.36. The summed E-state index contributed by atoms with van der Waals surface area (Å²) in [5.74, 6) is -1.10. The summed E-state index contributed by atoms with van der Waals surface area (Å²) in [7, 11) is 0. The molecule has 0 aliphatic heterocycles. The Labute approximate surface area is 122 Å². The van der Waals surface area contributed by atoms with Crippen LogP contribution >= 0.6 is 0 Å². The van der Waals surface area contributed by atoms with Crippen LogP contribution in [0.25, 0.3) is 0 Å². The maximum atomic E-state index is 12.7. The van der Waals surface area contributed by atoms with Gasteiger partial charge in [0.1, 0.15) is 0 Å². The highest BCUT2D eigenvalue weighted by Gasteiger charge is 2.35. The van der Waals surface area contributed by atoms with Gasteiger partial charge in [-0.1, -0.05) is 20.3 Å². The zero-order valence-electron chi connectivity index (χ0n) is 12.3. The average molecular weight is 303 g/mol. The fourth-order valence-corrected chi connectivity index (χ4v) is 2.17. The van der Waals surface area contributed by atoms with Crippen LogP contribution in [0.2, 0.25) is 0 Å². The van der Waals surface area contributed by atoms with Crippen molar-refractivity contribution in [3.05, 3.63) is 29.3 Å². The largest absolute Gasteiger partial charge is 0.478 e. The molecule has 3 nitrogen and oxygen atoms in total. The lowest BCUT2D eigenvalue weighted by molar-refractivity contribution is -0.138. The van der Waals surface area contributed by atoms with Gasteiger partial charge in [0.05, 0.1) is 11.1 Å². The van der Waals surface area contributed by atoms with E-state index in [9.17, 15) is 18.0 Å². The fourth-order valence-electron chi connectivity index (χ4n) is 2.17. The molecule has 0 saturated heterocycles. The van der Waals surface area contributed by atoms with Crippen molar-refractivity contribution in [3.63, 3.8) is 0 Å². The van der Waals surface area contributed by atoms with Gasteiger partial charge in [-0.05, 0) is 37.5 Å². The van der Waals surface area contributed by atoms with E-state index in [-0.39, 0.29) is 6.04 Å². The van der Waals surface area contributed by atoms with Crippen LogP contribution in [0.4, 0.5) is 18.9 Å². The molecule has 0 amide bonds. The topological polar surface area (TPSA) is 49.3 Å². The second kappa shape index (κ2) is 6.83. The van der Waals surface area contributed by atoms with Gasteiger partial charge < -0.3 is 10.4 Å². The minimum absolute atomic E-state index is 0.0540. The Balaban J connectivity index is 2.96. The summed E-state index contributed by atoms with van der Waals surface area (Å²) in [6.07, 6.45) is -2.80. The predicted molar refractivity (Wildman–Crippen MR) is 75.6 cm³/mol. The molecule has 0 aromatic heterocycles. The van der Waals surface area contributed by atoms with E-state index in [2.05, 4.69) is 19.2 Å². The quantitative estimate of drug-likeness (QED) is 0.805. The van der Waals surface area contributed by atoms with Crippen LogP contribution in [0.1, 0.15) is 49.5 Å².